The van der Waals surface area contributed by atoms with E-state index in [1.54, 1.807) is 29.7 Å². The first-order chi connectivity index (χ1) is 11.2. The third-order valence-corrected chi connectivity index (χ3v) is 4.01. The molecule has 1 aliphatic rings. The fourth-order valence-corrected chi connectivity index (χ4v) is 2.79. The maximum absolute atomic E-state index is 12.0. The van der Waals surface area contributed by atoms with Crippen LogP contribution in [0.3, 0.4) is 0 Å². The van der Waals surface area contributed by atoms with Gasteiger partial charge in [-0.25, -0.2) is 4.79 Å². The third-order valence-electron chi connectivity index (χ3n) is 3.12. The van der Waals surface area contributed by atoms with E-state index in [1.165, 1.54) is 24.5 Å². The molecule has 0 saturated heterocycles. The van der Waals surface area contributed by atoms with E-state index in [0.29, 0.717) is 22.1 Å². The van der Waals surface area contributed by atoms with E-state index in [2.05, 4.69) is 10.1 Å². The van der Waals surface area contributed by atoms with Crippen molar-refractivity contribution in [1.82, 2.24) is 0 Å². The lowest BCUT2D eigenvalue weighted by Gasteiger charge is -2.02. The van der Waals surface area contributed by atoms with Crippen molar-refractivity contribution in [2.45, 2.75) is 0 Å². The largest absolute Gasteiger partial charge is 0.465 e. The van der Waals surface area contributed by atoms with E-state index >= 15 is 0 Å². The number of hydrogen-bond donors (Lipinski definition) is 1. The van der Waals surface area contributed by atoms with Crippen molar-refractivity contribution < 1.29 is 23.8 Å². The normalized spacial score (nSPS) is 12.4. The van der Waals surface area contributed by atoms with Crippen LogP contribution in [0.25, 0.3) is 6.08 Å². The van der Waals surface area contributed by atoms with Gasteiger partial charge in [-0.15, -0.1) is 11.3 Å². The number of benzene rings is 1. The van der Waals surface area contributed by atoms with Crippen molar-refractivity contribution in [2.75, 3.05) is 19.2 Å². The number of rotatable bonds is 4. The minimum absolute atomic E-state index is 0.206. The lowest BCUT2D eigenvalue weighted by Crippen LogP contribution is -2.10. The number of carbonyl (C=O) groups is 2. The number of ether oxygens (including phenoxy) is 3. The van der Waals surface area contributed by atoms with Crippen molar-refractivity contribution in [3.63, 3.8) is 0 Å². The smallest absolute Gasteiger partial charge is 0.350 e. The van der Waals surface area contributed by atoms with Gasteiger partial charge in [0.15, 0.2) is 11.5 Å². The predicted octanol–water partition coefficient (Wildman–Crippen LogP) is 2.92. The first kappa shape index (κ1) is 15.1. The topological polar surface area (TPSA) is 73.9 Å². The molecule has 0 bridgehead atoms. The Morgan fingerprint density at radius 2 is 2.09 bits per heavy atom. The van der Waals surface area contributed by atoms with Crippen LogP contribution in [0.5, 0.6) is 11.5 Å². The molecule has 2 aromatic rings. The van der Waals surface area contributed by atoms with E-state index < -0.39 is 5.97 Å². The molecule has 6 nitrogen and oxygen atoms in total. The number of fused-ring (bicyclic) bond motifs is 1. The fraction of sp³-hybridized carbons (Fsp3) is 0.125. The van der Waals surface area contributed by atoms with Gasteiger partial charge in [-0.1, -0.05) is 6.07 Å². The van der Waals surface area contributed by atoms with Crippen LogP contribution in [-0.2, 0) is 9.53 Å². The first-order valence-electron chi connectivity index (χ1n) is 6.72. The van der Waals surface area contributed by atoms with Crippen molar-refractivity contribution >= 4 is 35.0 Å². The van der Waals surface area contributed by atoms with Gasteiger partial charge in [0.1, 0.15) is 4.88 Å². The highest BCUT2D eigenvalue weighted by Crippen LogP contribution is 2.32. The molecule has 1 aromatic carbocycles. The molecule has 118 valence electrons. The molecule has 1 N–H and O–H groups in total. The summed E-state index contributed by atoms with van der Waals surface area (Å²) in [4.78, 5) is 23.9. The van der Waals surface area contributed by atoms with E-state index in [-0.39, 0.29) is 12.7 Å². The zero-order chi connectivity index (χ0) is 16.2. The molecule has 0 fully saturated rings. The average Bonchev–Trinajstić information content (AvgIpc) is 3.20. The van der Waals surface area contributed by atoms with Crippen LogP contribution in [0.1, 0.15) is 15.2 Å². The zero-order valence-electron chi connectivity index (χ0n) is 12.2. The van der Waals surface area contributed by atoms with E-state index in [1.807, 2.05) is 6.07 Å². The van der Waals surface area contributed by atoms with E-state index in [0.717, 1.165) is 5.56 Å². The van der Waals surface area contributed by atoms with Crippen molar-refractivity contribution in [2.24, 2.45) is 0 Å². The lowest BCUT2D eigenvalue weighted by atomic mass is 10.2. The molecule has 0 atom stereocenters. The number of anilines is 1. The van der Waals surface area contributed by atoms with Crippen LogP contribution in [0.4, 0.5) is 5.69 Å². The molecule has 3 rings (SSSR count). The summed E-state index contributed by atoms with van der Waals surface area (Å²) >= 11 is 1.21. The quantitative estimate of drug-likeness (QED) is 0.689. The van der Waals surface area contributed by atoms with E-state index in [4.69, 9.17) is 9.47 Å². The summed E-state index contributed by atoms with van der Waals surface area (Å²) in [6, 6.07) is 7.05. The van der Waals surface area contributed by atoms with Crippen LogP contribution in [0.15, 0.2) is 35.7 Å². The molecule has 1 aliphatic heterocycles. The lowest BCUT2D eigenvalue weighted by molar-refractivity contribution is -0.111. The van der Waals surface area contributed by atoms with Gasteiger partial charge in [-0.2, -0.15) is 0 Å². The Morgan fingerprint density at radius 3 is 2.91 bits per heavy atom. The Balaban J connectivity index is 1.68. The summed E-state index contributed by atoms with van der Waals surface area (Å²) in [6.07, 6.45) is 3.04. The molecule has 1 aromatic heterocycles. The second-order valence-electron chi connectivity index (χ2n) is 4.59. The second-order valence-corrected chi connectivity index (χ2v) is 5.51. The molecule has 0 aliphatic carbocycles. The summed E-state index contributed by atoms with van der Waals surface area (Å²) in [5, 5.41) is 4.37. The number of hydrogen-bond acceptors (Lipinski definition) is 6. The minimum atomic E-state index is -0.477. The molecule has 0 spiro atoms. The van der Waals surface area contributed by atoms with Gasteiger partial charge in [-0.3, -0.25) is 4.79 Å². The van der Waals surface area contributed by atoms with Crippen LogP contribution in [0.2, 0.25) is 0 Å². The maximum Gasteiger partial charge on any atom is 0.350 e. The van der Waals surface area contributed by atoms with Gasteiger partial charge < -0.3 is 19.5 Å². The third kappa shape index (κ3) is 3.35. The predicted molar refractivity (Wildman–Crippen MR) is 85.9 cm³/mol. The first-order valence-corrected chi connectivity index (χ1v) is 7.60. The molecule has 7 heteroatoms. The van der Waals surface area contributed by atoms with Crippen molar-refractivity contribution in [1.29, 1.82) is 0 Å². The minimum Gasteiger partial charge on any atom is -0.465 e. The second kappa shape index (κ2) is 6.53. The number of thiophene rings is 1. The molecule has 2 heterocycles. The summed E-state index contributed by atoms with van der Waals surface area (Å²) in [6.45, 7) is 0.206. The van der Waals surface area contributed by atoms with Crippen LogP contribution in [0, 0.1) is 0 Å². The van der Waals surface area contributed by atoms with Gasteiger partial charge >= 0.3 is 5.97 Å². The molecular formula is C16H13NO5S. The zero-order valence-corrected chi connectivity index (χ0v) is 13.0. The highest BCUT2D eigenvalue weighted by Gasteiger charge is 2.15. The maximum atomic E-state index is 12.0. The molecule has 0 radical (unpaired) electrons. The van der Waals surface area contributed by atoms with Gasteiger partial charge in [0, 0.05) is 6.08 Å². The van der Waals surface area contributed by atoms with Crippen LogP contribution >= 0.6 is 11.3 Å². The summed E-state index contributed by atoms with van der Waals surface area (Å²) < 4.78 is 15.2. The molecule has 0 unspecified atom stereocenters. The van der Waals surface area contributed by atoms with Gasteiger partial charge in [0.25, 0.3) is 0 Å². The number of carbonyl (C=O) groups excluding carboxylic acids is 2. The Kier molecular flexibility index (Phi) is 4.29. The summed E-state index contributed by atoms with van der Waals surface area (Å²) in [5.74, 6) is 0.521. The monoisotopic (exact) mass is 331 g/mol. The SMILES string of the molecule is COC(=O)c1sccc1NC(=O)/C=C/c1ccc2c(c1)OCO2. The van der Waals surface area contributed by atoms with Gasteiger partial charge in [-0.05, 0) is 35.2 Å². The number of esters is 1. The fourth-order valence-electron chi connectivity index (χ4n) is 2.02. The van der Waals surface area contributed by atoms with Crippen molar-refractivity contribution in [3.8, 4) is 11.5 Å². The highest BCUT2D eigenvalue weighted by molar-refractivity contribution is 7.12. The van der Waals surface area contributed by atoms with Gasteiger partial charge in [0.05, 0.1) is 12.8 Å². The molecule has 1 amide bonds. The highest BCUT2D eigenvalue weighted by atomic mass is 32.1. The Hall–Kier alpha value is -2.80. The Bertz CT molecular complexity index is 781. The van der Waals surface area contributed by atoms with Crippen LogP contribution in [-0.4, -0.2) is 25.8 Å². The standard InChI is InChI=1S/C16H13NO5S/c1-20-16(19)15-11(6-7-23-15)17-14(18)5-3-10-2-4-12-13(8-10)22-9-21-12/h2-8H,9H2,1H3,(H,17,18)/b5-3+. The summed E-state index contributed by atoms with van der Waals surface area (Å²) in [5.41, 5.74) is 1.24. The molecule has 0 saturated carbocycles. The molecular weight excluding hydrogens is 318 g/mol. The Morgan fingerprint density at radius 1 is 1.26 bits per heavy atom. The van der Waals surface area contributed by atoms with Gasteiger partial charge in [0.2, 0.25) is 12.7 Å². The average molecular weight is 331 g/mol. The van der Waals surface area contributed by atoms with E-state index in [9.17, 15) is 9.59 Å². The number of methoxy groups -OCH3 is 1. The van der Waals surface area contributed by atoms with Crippen molar-refractivity contribution in [3.05, 3.63) is 46.2 Å². The molecule has 23 heavy (non-hydrogen) atoms. The Labute approximate surface area is 136 Å². The number of nitrogens with one attached hydrogen (secondary N) is 1. The summed E-state index contributed by atoms with van der Waals surface area (Å²) in [7, 11) is 1.30. The van der Waals surface area contributed by atoms with Crippen LogP contribution < -0.4 is 14.8 Å². The number of amides is 1.